The fraction of sp³-hybridized carbons (Fsp3) is 0.394. The fourth-order valence-electron chi connectivity index (χ4n) is 5.43. The molecule has 0 amide bonds. The van der Waals surface area contributed by atoms with E-state index in [0.29, 0.717) is 5.75 Å². The van der Waals surface area contributed by atoms with E-state index in [1.54, 1.807) is 22.8 Å². The van der Waals surface area contributed by atoms with Crippen molar-refractivity contribution in [3.8, 4) is 5.75 Å². The zero-order chi connectivity index (χ0) is 30.6. The molecule has 231 valence electrons. The van der Waals surface area contributed by atoms with Crippen molar-refractivity contribution >= 4 is 38.4 Å². The fourth-order valence-corrected chi connectivity index (χ4v) is 6.76. The van der Waals surface area contributed by atoms with E-state index in [1.807, 2.05) is 13.8 Å². The second-order valence-corrected chi connectivity index (χ2v) is 13.9. The predicted molar refractivity (Wildman–Crippen MR) is 176 cm³/mol. The topological polar surface area (TPSA) is 53.1 Å². The number of sulfonamides is 1. The Morgan fingerprint density at radius 1 is 0.833 bits per heavy atom. The van der Waals surface area contributed by atoms with Crippen molar-refractivity contribution in [3.63, 3.8) is 0 Å². The van der Waals surface area contributed by atoms with E-state index in [0.717, 1.165) is 18.7 Å². The summed E-state index contributed by atoms with van der Waals surface area (Å²) in [4.78, 5) is 5.07. The third-order valence-corrected chi connectivity index (χ3v) is 9.29. The minimum absolute atomic E-state index is 0. The molecular weight excluding hydrogens is 655 g/mol. The molecule has 6 nitrogen and oxygen atoms in total. The summed E-state index contributed by atoms with van der Waals surface area (Å²) in [7, 11) is -0.379. The quantitative estimate of drug-likeness (QED) is 0.200. The average Bonchev–Trinajstić information content (AvgIpc) is 3.31. The van der Waals surface area contributed by atoms with Gasteiger partial charge in [0.05, 0.1) is 0 Å². The summed E-state index contributed by atoms with van der Waals surface area (Å²) in [6.07, 6.45) is 0.0478. The van der Waals surface area contributed by atoms with Gasteiger partial charge in [0.15, 0.2) is 0 Å². The molecule has 0 radical (unpaired) electrons. The van der Waals surface area contributed by atoms with Crippen molar-refractivity contribution in [3.05, 3.63) is 88.1 Å². The Bertz CT molecular complexity index is 1410. The van der Waals surface area contributed by atoms with Crippen molar-refractivity contribution in [1.82, 2.24) is 4.31 Å². The molecule has 3 aromatic rings. The monoisotopic (exact) mass is 700 g/mol. The third-order valence-electron chi connectivity index (χ3n) is 6.94. The van der Waals surface area contributed by atoms with E-state index in [4.69, 9.17) is 4.74 Å². The molecule has 1 aliphatic rings. The van der Waals surface area contributed by atoms with Gasteiger partial charge in [0, 0.05) is 24.5 Å². The summed E-state index contributed by atoms with van der Waals surface area (Å²) in [5.41, 5.74) is 11.6. The van der Waals surface area contributed by atoms with Crippen LogP contribution in [0.1, 0.15) is 52.8 Å². The van der Waals surface area contributed by atoms with Gasteiger partial charge in [-0.2, -0.15) is 6.67 Å². The molecule has 3 aromatic carbocycles. The zero-order valence-electron chi connectivity index (χ0n) is 26.4. The Morgan fingerprint density at radius 2 is 1.26 bits per heavy atom. The van der Waals surface area contributed by atoms with Crippen LogP contribution in [-0.4, -0.2) is 50.6 Å². The average molecular weight is 700 g/mol. The number of halogens is 1. The number of benzene rings is 3. The van der Waals surface area contributed by atoms with E-state index in [2.05, 4.69) is 100 Å². The van der Waals surface area contributed by atoms with Crippen molar-refractivity contribution in [2.75, 3.05) is 37.0 Å². The second-order valence-electron chi connectivity index (χ2n) is 11.3. The molecular formula is C33H45ClN3O3RuS. The number of anilines is 2. The third kappa shape index (κ3) is 8.44. The van der Waals surface area contributed by atoms with Gasteiger partial charge in [0.25, 0.3) is 0 Å². The molecule has 4 rings (SSSR count). The first-order valence-corrected chi connectivity index (χ1v) is 16.3. The van der Waals surface area contributed by atoms with Gasteiger partial charge in [-0.25, -0.2) is 0 Å². The number of rotatable bonds is 7. The first kappa shape index (κ1) is 35.9. The van der Waals surface area contributed by atoms with Crippen molar-refractivity contribution in [2.24, 2.45) is 0 Å². The van der Waals surface area contributed by atoms with Crippen LogP contribution in [0.25, 0.3) is 0 Å². The smallest absolute Gasteiger partial charge is 0.0146 e. The molecule has 1 heterocycles. The molecule has 0 bridgehead atoms. The molecule has 0 unspecified atom stereocenters. The van der Waals surface area contributed by atoms with Gasteiger partial charge in [-0.3, -0.25) is 0 Å². The second kappa shape index (κ2) is 15.0. The Kier molecular flexibility index (Phi) is 12.8. The summed E-state index contributed by atoms with van der Waals surface area (Å²) < 4.78 is 32.6. The number of nitrogens with zero attached hydrogens (tertiary/aromatic N) is 3. The molecule has 42 heavy (non-hydrogen) atoms. The van der Waals surface area contributed by atoms with Crippen LogP contribution in [-0.2, 0) is 27.9 Å². The van der Waals surface area contributed by atoms with Gasteiger partial charge >= 0.3 is 118 Å². The van der Waals surface area contributed by atoms with Crippen molar-refractivity contribution < 1.29 is 31.0 Å². The van der Waals surface area contributed by atoms with Crippen LogP contribution in [0.3, 0.4) is 0 Å². The Morgan fingerprint density at radius 3 is 1.62 bits per heavy atom. The molecule has 0 N–H and O–H groups in total. The standard InChI is InChI=1S/C21H27N2.C12H17NO3S.ClH.Ru/c1-14-9-16(3)20(17(4)10-14)22-7-8-23(13-22)21-18(5)11-15(2)12-19(21)6;1-9(2)16-12-7-6-11(8-10(12)3)17(14,15)13(4)5;;/h9-13H,7-8H2,1-6H3;3,6-9H,1-2,4-5H3;1H;/q-1;;;+1. The largest absolute Gasteiger partial charge is 0.502 e. The number of hydrogen-bond donors (Lipinski definition) is 0. The molecule has 1 aliphatic heterocycles. The Labute approximate surface area is 269 Å². The van der Waals surface area contributed by atoms with Gasteiger partial charge in [-0.1, -0.05) is 35.4 Å². The molecule has 0 saturated carbocycles. The van der Waals surface area contributed by atoms with E-state index < -0.39 is 10.0 Å². The number of aryl methyl sites for hydroxylation is 6. The van der Waals surface area contributed by atoms with Gasteiger partial charge in [-0.15, -0.1) is 12.4 Å². The van der Waals surface area contributed by atoms with Crippen LogP contribution in [0.15, 0.2) is 47.4 Å². The summed E-state index contributed by atoms with van der Waals surface area (Å²) >= 11 is 2.37. The van der Waals surface area contributed by atoms with Gasteiger partial charge in [0.2, 0.25) is 0 Å². The molecule has 9 heteroatoms. The van der Waals surface area contributed by atoms with E-state index in [1.165, 1.54) is 63.2 Å². The van der Waals surface area contributed by atoms with E-state index >= 15 is 0 Å². The van der Waals surface area contributed by atoms with Crippen LogP contribution < -0.4 is 14.5 Å². The molecule has 0 spiro atoms. The minimum atomic E-state index is -3.40. The first-order chi connectivity index (χ1) is 19.1. The Hall–Kier alpha value is -2.25. The molecule has 0 aliphatic carbocycles. The summed E-state index contributed by atoms with van der Waals surface area (Å²) in [6, 6.07) is 14.0. The Balaban J connectivity index is 0.000000296. The van der Waals surface area contributed by atoms with Crippen molar-refractivity contribution in [2.45, 2.75) is 66.4 Å². The molecule has 1 saturated heterocycles. The normalized spacial score (nSPS) is 13.1. The van der Waals surface area contributed by atoms with Crippen LogP contribution in [0.2, 0.25) is 0 Å². The van der Waals surface area contributed by atoms with Gasteiger partial charge < -0.3 is 9.80 Å². The van der Waals surface area contributed by atoms with E-state index in [-0.39, 0.29) is 23.4 Å². The number of ether oxygens (including phenoxy) is 1. The van der Waals surface area contributed by atoms with Crippen LogP contribution >= 0.6 is 12.4 Å². The van der Waals surface area contributed by atoms with Crippen LogP contribution in [0.5, 0.6) is 5.75 Å². The maximum Gasteiger partial charge on any atom is 0.0146 e. The SMILES string of the molecule is CC(C)Oc1ccc(S(=O)(=O)N(C)C)cc1[CH]=[Ru+].Cc1cc(C)c(N2[CH-]N(c3c(C)cc(C)cc3C)CC2)c(C)c1.Cl. The predicted octanol–water partition coefficient (Wildman–Crippen LogP) is 6.83. The molecule has 0 atom stereocenters. The van der Waals surface area contributed by atoms with Crippen LogP contribution in [0, 0.1) is 48.2 Å². The zero-order valence-corrected chi connectivity index (χ0v) is 29.8. The maximum absolute atomic E-state index is 12.0. The number of hydrogen-bond acceptors (Lipinski definition) is 5. The van der Waals surface area contributed by atoms with Gasteiger partial charge in [-0.05, 0) is 63.8 Å². The first-order valence-electron chi connectivity index (χ1n) is 13.8. The molecule has 0 aromatic heterocycles. The summed E-state index contributed by atoms with van der Waals surface area (Å²) in [5, 5.41) is 0. The van der Waals surface area contributed by atoms with Gasteiger partial charge in [0.1, 0.15) is 0 Å². The van der Waals surface area contributed by atoms with Crippen LogP contribution in [0.4, 0.5) is 11.4 Å². The molecule has 1 fully saturated rings. The maximum atomic E-state index is 12.0. The van der Waals surface area contributed by atoms with Crippen molar-refractivity contribution in [1.29, 1.82) is 0 Å². The summed E-state index contributed by atoms with van der Waals surface area (Å²) in [6.45, 7) is 21.4. The summed E-state index contributed by atoms with van der Waals surface area (Å²) in [5.74, 6) is 0.682. The minimum Gasteiger partial charge on any atom is -0.502 e. The van der Waals surface area contributed by atoms with E-state index in [9.17, 15) is 8.42 Å².